The normalized spacial score (nSPS) is 14.3. The Morgan fingerprint density at radius 3 is 2.53 bits per heavy atom. The molecule has 0 bridgehead atoms. The number of nitrogens with one attached hydrogen (secondary N) is 1. The highest BCUT2D eigenvalue weighted by molar-refractivity contribution is 5.85. The van der Waals surface area contributed by atoms with Crippen LogP contribution >= 0.6 is 0 Å². The van der Waals surface area contributed by atoms with Gasteiger partial charge in [0.15, 0.2) is 5.60 Å². The second kappa shape index (κ2) is 4.91. The standard InChI is InChI=1S/C11H16N2O2/c1-2-8-11(15,10(14)13-12)9-6-4-3-5-7-9/h3-7,15H,2,8,12H2,1H3,(H,13,14). The van der Waals surface area contributed by atoms with Crippen LogP contribution in [0.5, 0.6) is 0 Å². The van der Waals surface area contributed by atoms with E-state index in [4.69, 9.17) is 5.84 Å². The van der Waals surface area contributed by atoms with E-state index in [1.807, 2.05) is 18.4 Å². The Morgan fingerprint density at radius 2 is 2.07 bits per heavy atom. The van der Waals surface area contributed by atoms with Crippen LogP contribution in [0.2, 0.25) is 0 Å². The molecule has 1 aromatic carbocycles. The van der Waals surface area contributed by atoms with Crippen molar-refractivity contribution in [2.24, 2.45) is 5.84 Å². The maximum absolute atomic E-state index is 11.5. The van der Waals surface area contributed by atoms with Gasteiger partial charge in [0.1, 0.15) is 0 Å². The van der Waals surface area contributed by atoms with Crippen molar-refractivity contribution in [1.82, 2.24) is 5.43 Å². The van der Waals surface area contributed by atoms with Crippen LogP contribution in [0.4, 0.5) is 0 Å². The molecule has 0 fully saturated rings. The summed E-state index contributed by atoms with van der Waals surface area (Å²) in [6.07, 6.45) is 1.04. The molecule has 0 aliphatic heterocycles. The zero-order chi connectivity index (χ0) is 11.3. The van der Waals surface area contributed by atoms with Crippen molar-refractivity contribution in [3.8, 4) is 0 Å². The molecule has 1 atom stereocenters. The number of benzene rings is 1. The molecule has 4 nitrogen and oxygen atoms in total. The molecule has 15 heavy (non-hydrogen) atoms. The fourth-order valence-corrected chi connectivity index (χ4v) is 1.58. The summed E-state index contributed by atoms with van der Waals surface area (Å²) in [5.74, 6) is 4.49. The number of carbonyl (C=O) groups excluding carboxylic acids is 1. The largest absolute Gasteiger partial charge is 0.375 e. The predicted octanol–water partition coefficient (Wildman–Crippen LogP) is 0.664. The zero-order valence-corrected chi connectivity index (χ0v) is 8.73. The van der Waals surface area contributed by atoms with Gasteiger partial charge >= 0.3 is 0 Å². The van der Waals surface area contributed by atoms with Gasteiger partial charge in [-0.2, -0.15) is 0 Å². The summed E-state index contributed by atoms with van der Waals surface area (Å²) in [6, 6.07) is 8.81. The average Bonchev–Trinajstić information content (AvgIpc) is 2.29. The second-order valence-corrected chi connectivity index (χ2v) is 3.45. The maximum atomic E-state index is 11.5. The lowest BCUT2D eigenvalue weighted by atomic mass is 9.88. The fourth-order valence-electron chi connectivity index (χ4n) is 1.58. The zero-order valence-electron chi connectivity index (χ0n) is 8.73. The highest BCUT2D eigenvalue weighted by Gasteiger charge is 2.36. The summed E-state index contributed by atoms with van der Waals surface area (Å²) < 4.78 is 0. The minimum Gasteiger partial charge on any atom is -0.375 e. The van der Waals surface area contributed by atoms with Gasteiger partial charge in [-0.15, -0.1) is 0 Å². The van der Waals surface area contributed by atoms with Crippen LogP contribution in [0, 0.1) is 0 Å². The fraction of sp³-hybridized carbons (Fsp3) is 0.364. The van der Waals surface area contributed by atoms with Gasteiger partial charge in [0.25, 0.3) is 5.91 Å². The molecular formula is C11H16N2O2. The van der Waals surface area contributed by atoms with Gasteiger partial charge in [-0.05, 0) is 12.0 Å². The summed E-state index contributed by atoms with van der Waals surface area (Å²) in [4.78, 5) is 11.5. The number of rotatable bonds is 4. The number of hydrazine groups is 1. The lowest BCUT2D eigenvalue weighted by Gasteiger charge is -2.25. The molecule has 1 unspecified atom stereocenters. The quantitative estimate of drug-likeness (QED) is 0.386. The topological polar surface area (TPSA) is 75.3 Å². The molecule has 0 spiro atoms. The van der Waals surface area contributed by atoms with Crippen LogP contribution in [0.3, 0.4) is 0 Å². The van der Waals surface area contributed by atoms with E-state index in [0.717, 1.165) is 0 Å². The molecule has 1 aromatic rings. The van der Waals surface area contributed by atoms with Gasteiger partial charge in [-0.3, -0.25) is 10.2 Å². The van der Waals surface area contributed by atoms with E-state index in [1.54, 1.807) is 24.3 Å². The van der Waals surface area contributed by atoms with E-state index in [-0.39, 0.29) is 0 Å². The first-order chi connectivity index (χ1) is 7.15. The molecule has 1 amide bonds. The van der Waals surface area contributed by atoms with Crippen LogP contribution < -0.4 is 11.3 Å². The second-order valence-electron chi connectivity index (χ2n) is 3.45. The molecule has 4 heteroatoms. The molecule has 0 aliphatic rings. The van der Waals surface area contributed by atoms with Crippen LogP contribution in [0.15, 0.2) is 30.3 Å². The Bertz CT molecular complexity index is 327. The van der Waals surface area contributed by atoms with Crippen molar-refractivity contribution in [2.75, 3.05) is 0 Å². The van der Waals surface area contributed by atoms with Gasteiger partial charge in [0, 0.05) is 0 Å². The van der Waals surface area contributed by atoms with E-state index in [1.165, 1.54) is 0 Å². The summed E-state index contributed by atoms with van der Waals surface area (Å²) in [7, 11) is 0. The van der Waals surface area contributed by atoms with Crippen molar-refractivity contribution in [1.29, 1.82) is 0 Å². The molecule has 0 heterocycles. The van der Waals surface area contributed by atoms with Gasteiger partial charge in [0.05, 0.1) is 0 Å². The lowest BCUT2D eigenvalue weighted by Crippen LogP contribution is -2.47. The summed E-state index contributed by atoms with van der Waals surface area (Å²) in [5.41, 5.74) is 1.04. The molecule has 0 saturated heterocycles. The highest BCUT2D eigenvalue weighted by Crippen LogP contribution is 2.26. The number of hydrogen-bond donors (Lipinski definition) is 3. The molecule has 1 rings (SSSR count). The third-order valence-corrected chi connectivity index (χ3v) is 2.37. The molecule has 0 aliphatic carbocycles. The van der Waals surface area contributed by atoms with E-state index in [2.05, 4.69) is 0 Å². The molecular weight excluding hydrogens is 192 g/mol. The molecule has 82 valence electrons. The minimum absolute atomic E-state index is 0.347. The molecule has 0 saturated carbocycles. The lowest BCUT2D eigenvalue weighted by molar-refractivity contribution is -0.141. The van der Waals surface area contributed by atoms with Crippen molar-refractivity contribution in [2.45, 2.75) is 25.4 Å². The molecule has 4 N–H and O–H groups in total. The van der Waals surface area contributed by atoms with Gasteiger partial charge in [-0.1, -0.05) is 43.7 Å². The number of amides is 1. The Morgan fingerprint density at radius 1 is 1.47 bits per heavy atom. The van der Waals surface area contributed by atoms with Crippen molar-refractivity contribution >= 4 is 5.91 Å². The smallest absolute Gasteiger partial charge is 0.270 e. The Hall–Kier alpha value is -1.39. The average molecular weight is 208 g/mol. The van der Waals surface area contributed by atoms with Gasteiger partial charge < -0.3 is 5.11 Å². The first-order valence-corrected chi connectivity index (χ1v) is 4.94. The molecule has 0 aromatic heterocycles. The minimum atomic E-state index is -1.52. The maximum Gasteiger partial charge on any atom is 0.270 e. The summed E-state index contributed by atoms with van der Waals surface area (Å²) in [6.45, 7) is 1.90. The van der Waals surface area contributed by atoms with Crippen molar-refractivity contribution < 1.29 is 9.90 Å². The summed E-state index contributed by atoms with van der Waals surface area (Å²) >= 11 is 0. The first-order valence-electron chi connectivity index (χ1n) is 4.94. The van der Waals surface area contributed by atoms with E-state index < -0.39 is 11.5 Å². The number of carbonyl (C=O) groups is 1. The SMILES string of the molecule is CCCC(O)(C(=O)NN)c1ccccc1. The van der Waals surface area contributed by atoms with Gasteiger partial charge in [-0.25, -0.2) is 5.84 Å². The van der Waals surface area contributed by atoms with Crippen molar-refractivity contribution in [3.63, 3.8) is 0 Å². The number of aliphatic hydroxyl groups is 1. The predicted molar refractivity (Wildman–Crippen MR) is 57.6 cm³/mol. The monoisotopic (exact) mass is 208 g/mol. The third kappa shape index (κ3) is 2.34. The number of nitrogens with two attached hydrogens (primary N) is 1. The summed E-state index contributed by atoms with van der Waals surface area (Å²) in [5, 5.41) is 10.3. The van der Waals surface area contributed by atoms with Crippen LogP contribution in [-0.4, -0.2) is 11.0 Å². The van der Waals surface area contributed by atoms with Crippen LogP contribution in [0.1, 0.15) is 25.3 Å². The van der Waals surface area contributed by atoms with E-state index in [9.17, 15) is 9.90 Å². The highest BCUT2D eigenvalue weighted by atomic mass is 16.3. The number of hydrogen-bond acceptors (Lipinski definition) is 3. The third-order valence-electron chi connectivity index (χ3n) is 2.37. The van der Waals surface area contributed by atoms with Crippen LogP contribution in [-0.2, 0) is 10.4 Å². The Labute approximate surface area is 89.1 Å². The molecule has 0 radical (unpaired) electrons. The Balaban J connectivity index is 3.06. The first kappa shape index (κ1) is 11.7. The van der Waals surface area contributed by atoms with Gasteiger partial charge in [0.2, 0.25) is 0 Å². The van der Waals surface area contributed by atoms with E-state index >= 15 is 0 Å². The van der Waals surface area contributed by atoms with Crippen LogP contribution in [0.25, 0.3) is 0 Å². The van der Waals surface area contributed by atoms with E-state index in [0.29, 0.717) is 18.4 Å². The Kier molecular flexibility index (Phi) is 3.82. The van der Waals surface area contributed by atoms with Crippen molar-refractivity contribution in [3.05, 3.63) is 35.9 Å².